The third kappa shape index (κ3) is 12.2. The van der Waals surface area contributed by atoms with Crippen molar-refractivity contribution in [2.24, 2.45) is 5.73 Å². The first-order valence-corrected chi connectivity index (χ1v) is 13.8. The molecule has 0 aromatic heterocycles. The normalized spacial score (nSPS) is 12.4. The van der Waals surface area contributed by atoms with Gasteiger partial charge in [0, 0.05) is 12.8 Å². The van der Waals surface area contributed by atoms with Crippen molar-refractivity contribution in [3.05, 3.63) is 107 Å². The smallest absolute Gasteiger partial charge is 0.408 e. The number of carbonyl (C=O) groups excluding carboxylic acids is 4. The Hall–Kier alpha value is -4.73. The molecule has 4 amide bonds. The van der Waals surface area contributed by atoms with Crippen molar-refractivity contribution in [3.63, 3.8) is 0 Å². The van der Waals surface area contributed by atoms with E-state index < -0.39 is 47.8 Å². The lowest BCUT2D eigenvalue weighted by atomic mass is 10.0. The number of rotatable bonds is 12. The first kappa shape index (κ1) is 33.5. The minimum absolute atomic E-state index is 0.000153. The van der Waals surface area contributed by atoms with Gasteiger partial charge < -0.3 is 26.4 Å². The zero-order valence-electron chi connectivity index (χ0n) is 24.1. The lowest BCUT2D eigenvalue weighted by Gasteiger charge is -2.24. The molecule has 0 aliphatic carbocycles. The molecule has 224 valence electrons. The highest BCUT2D eigenvalue weighted by atomic mass is 19.1. The van der Waals surface area contributed by atoms with Gasteiger partial charge in [0.1, 0.15) is 30.5 Å². The monoisotopic (exact) mass is 578 g/mol. The first-order chi connectivity index (χ1) is 20.1. The maximum Gasteiger partial charge on any atom is 0.408 e. The Kier molecular flexibility index (Phi) is 14.2. The lowest BCUT2D eigenvalue weighted by molar-refractivity contribution is -0.131. The summed E-state index contributed by atoms with van der Waals surface area (Å²) in [7, 11) is 0. The van der Waals surface area contributed by atoms with Crippen molar-refractivity contribution in [1.29, 1.82) is 0 Å². The predicted molar refractivity (Wildman–Crippen MR) is 158 cm³/mol. The number of nitrogens with two attached hydrogens (primary N) is 1. The topological polar surface area (TPSA) is 140 Å². The number of nitrogens with one attached hydrogen (secondary N) is 3. The van der Waals surface area contributed by atoms with E-state index in [1.807, 2.05) is 24.3 Å². The Labute approximate surface area is 246 Å². The second kappa shape index (κ2) is 17.9. The van der Waals surface area contributed by atoms with Crippen LogP contribution in [0.4, 0.5) is 9.18 Å². The van der Waals surface area contributed by atoms with Gasteiger partial charge in [-0.25, -0.2) is 9.18 Å². The summed E-state index contributed by atoms with van der Waals surface area (Å²) in [5.41, 5.74) is 7.66. The lowest BCUT2D eigenvalue weighted by Crippen LogP contribution is -2.56. The number of hydrogen-bond donors (Lipinski definition) is 4. The van der Waals surface area contributed by atoms with Crippen molar-refractivity contribution in [1.82, 2.24) is 16.0 Å². The number of hydrogen-bond acceptors (Lipinski definition) is 5. The fourth-order valence-corrected chi connectivity index (χ4v) is 3.71. The van der Waals surface area contributed by atoms with Crippen LogP contribution in [0, 0.1) is 5.82 Å². The van der Waals surface area contributed by atoms with Gasteiger partial charge >= 0.3 is 6.09 Å². The number of primary amides is 1. The van der Waals surface area contributed by atoms with E-state index >= 15 is 0 Å². The summed E-state index contributed by atoms with van der Waals surface area (Å²) in [4.78, 5) is 50.4. The summed E-state index contributed by atoms with van der Waals surface area (Å²) < 4.78 is 18.6. The maximum absolute atomic E-state index is 13.4. The van der Waals surface area contributed by atoms with Crippen LogP contribution in [0.3, 0.4) is 0 Å². The Balaban J connectivity index is 0.00000197. The summed E-state index contributed by atoms with van der Waals surface area (Å²) in [6, 6.07) is 20.3. The Morgan fingerprint density at radius 3 is 1.74 bits per heavy atom. The molecule has 10 heteroatoms. The van der Waals surface area contributed by atoms with Gasteiger partial charge in [-0.3, -0.25) is 14.4 Å². The standard InChI is InChI=1S/C29H31FN4O5.C3H8/c1-19(32-29(38)39-18-22-10-6-3-7-11-22)27(36)34-25(17-21-12-14-23(30)15-13-21)28(37)33-24(26(31)35)16-20-8-4-2-5-9-20;1-3-2/h2-15,19,24-25H,16-18H2,1H3,(H2,31,35)(H,32,38)(H,33,37)(H,34,36);3H2,1-2H3/t19?,24-,25?;/m0./s1. The van der Waals surface area contributed by atoms with Crippen LogP contribution in [0.25, 0.3) is 0 Å². The zero-order valence-corrected chi connectivity index (χ0v) is 24.1. The molecule has 3 atom stereocenters. The molecule has 0 saturated carbocycles. The second-order valence-electron chi connectivity index (χ2n) is 9.68. The Morgan fingerprint density at radius 1 is 0.714 bits per heavy atom. The zero-order chi connectivity index (χ0) is 30.9. The first-order valence-electron chi connectivity index (χ1n) is 13.8. The molecule has 0 radical (unpaired) electrons. The van der Waals surface area contributed by atoms with Crippen LogP contribution in [0.2, 0.25) is 0 Å². The third-order valence-corrected chi connectivity index (χ3v) is 5.87. The average molecular weight is 579 g/mol. The summed E-state index contributed by atoms with van der Waals surface area (Å²) in [5, 5.41) is 7.63. The maximum atomic E-state index is 13.4. The fraction of sp³-hybridized carbons (Fsp3) is 0.312. The molecule has 0 spiro atoms. The molecule has 3 aromatic carbocycles. The van der Waals surface area contributed by atoms with E-state index in [2.05, 4.69) is 29.8 Å². The van der Waals surface area contributed by atoms with Crippen molar-refractivity contribution >= 4 is 23.8 Å². The molecule has 9 nitrogen and oxygen atoms in total. The van der Waals surface area contributed by atoms with Crippen LogP contribution >= 0.6 is 0 Å². The third-order valence-electron chi connectivity index (χ3n) is 5.87. The molecule has 0 aliphatic rings. The second-order valence-corrected chi connectivity index (χ2v) is 9.68. The summed E-state index contributed by atoms with van der Waals surface area (Å²) in [6.45, 7) is 5.71. The number of halogens is 1. The highest BCUT2D eigenvalue weighted by Gasteiger charge is 2.28. The van der Waals surface area contributed by atoms with E-state index in [0.717, 1.165) is 11.1 Å². The number of alkyl carbamates (subject to hydrolysis) is 1. The minimum Gasteiger partial charge on any atom is -0.445 e. The molecule has 3 rings (SSSR count). The highest BCUT2D eigenvalue weighted by Crippen LogP contribution is 2.09. The number of ether oxygens (including phenoxy) is 1. The van der Waals surface area contributed by atoms with E-state index in [1.54, 1.807) is 36.4 Å². The van der Waals surface area contributed by atoms with E-state index in [9.17, 15) is 23.6 Å². The molecule has 0 heterocycles. The van der Waals surface area contributed by atoms with Gasteiger partial charge in [-0.05, 0) is 35.7 Å². The Morgan fingerprint density at radius 2 is 1.19 bits per heavy atom. The summed E-state index contributed by atoms with van der Waals surface area (Å²) in [6.07, 6.45) is 0.599. The molecular weight excluding hydrogens is 539 g/mol. The van der Waals surface area contributed by atoms with Crippen molar-refractivity contribution in [2.75, 3.05) is 0 Å². The van der Waals surface area contributed by atoms with E-state index in [1.165, 1.54) is 37.6 Å². The van der Waals surface area contributed by atoms with Crippen molar-refractivity contribution in [3.8, 4) is 0 Å². The van der Waals surface area contributed by atoms with Crippen LogP contribution in [0.5, 0.6) is 0 Å². The number of amides is 4. The fourth-order valence-electron chi connectivity index (χ4n) is 3.71. The van der Waals surface area contributed by atoms with Crippen molar-refractivity contribution in [2.45, 2.75) is 64.8 Å². The summed E-state index contributed by atoms with van der Waals surface area (Å²) in [5.74, 6) is -2.51. The SMILES string of the molecule is CC(NC(=O)OCc1ccccc1)C(=O)NC(Cc1ccc(F)cc1)C(=O)N[C@@H](Cc1ccccc1)C(N)=O.CCC. The van der Waals surface area contributed by atoms with Gasteiger partial charge in [-0.15, -0.1) is 0 Å². The molecular formula is C32H39FN4O5. The Bertz CT molecular complexity index is 1270. The number of benzene rings is 3. The molecule has 3 aromatic rings. The van der Waals surface area contributed by atoms with Crippen LogP contribution in [0.15, 0.2) is 84.9 Å². The van der Waals surface area contributed by atoms with Gasteiger partial charge in [-0.2, -0.15) is 0 Å². The minimum atomic E-state index is -1.15. The van der Waals surface area contributed by atoms with Gasteiger partial charge in [0.15, 0.2) is 0 Å². The van der Waals surface area contributed by atoms with Crippen LogP contribution in [-0.2, 0) is 38.6 Å². The molecule has 42 heavy (non-hydrogen) atoms. The highest BCUT2D eigenvalue weighted by molar-refractivity contribution is 5.93. The molecule has 0 saturated heterocycles. The van der Waals surface area contributed by atoms with E-state index in [4.69, 9.17) is 10.5 Å². The van der Waals surface area contributed by atoms with Gasteiger partial charge in [-0.1, -0.05) is 93.1 Å². The molecule has 0 aliphatic heterocycles. The van der Waals surface area contributed by atoms with Crippen LogP contribution in [-0.4, -0.2) is 41.9 Å². The largest absolute Gasteiger partial charge is 0.445 e. The van der Waals surface area contributed by atoms with Gasteiger partial charge in [0.25, 0.3) is 0 Å². The molecule has 2 unspecified atom stereocenters. The quantitative estimate of drug-likeness (QED) is 0.259. The average Bonchev–Trinajstić information content (AvgIpc) is 2.97. The van der Waals surface area contributed by atoms with Gasteiger partial charge in [0.05, 0.1) is 0 Å². The van der Waals surface area contributed by atoms with Gasteiger partial charge in [0.2, 0.25) is 17.7 Å². The predicted octanol–water partition coefficient (Wildman–Crippen LogP) is 3.80. The molecule has 0 fully saturated rings. The van der Waals surface area contributed by atoms with Crippen LogP contribution in [0.1, 0.15) is 43.9 Å². The van der Waals surface area contributed by atoms with Crippen molar-refractivity contribution < 1.29 is 28.3 Å². The van der Waals surface area contributed by atoms with E-state index in [0.29, 0.717) is 5.56 Å². The van der Waals surface area contributed by atoms with Crippen LogP contribution < -0.4 is 21.7 Å². The molecule has 0 bridgehead atoms. The van der Waals surface area contributed by atoms with E-state index in [-0.39, 0.29) is 19.4 Å². The summed E-state index contributed by atoms with van der Waals surface area (Å²) >= 11 is 0. The molecule has 5 N–H and O–H groups in total. The number of carbonyl (C=O) groups is 4.